The van der Waals surface area contributed by atoms with E-state index in [0.717, 1.165) is 5.57 Å². The minimum absolute atomic E-state index is 0. The Morgan fingerprint density at radius 3 is 2.41 bits per heavy atom. The fourth-order valence-corrected chi connectivity index (χ4v) is 0.821. The Balaban J connectivity index is 0. The lowest BCUT2D eigenvalue weighted by atomic mass is 10.2. The van der Waals surface area contributed by atoms with Crippen molar-refractivity contribution in [2.24, 2.45) is 10.7 Å². The third-order valence-electron chi connectivity index (χ3n) is 1.37. The minimum atomic E-state index is -0.494. The molecule has 0 saturated heterocycles. The number of ether oxygens (including phenoxy) is 1. The summed E-state index contributed by atoms with van der Waals surface area (Å²) in [6, 6.07) is 0. The molecular weight excluding hydrogens is 333 g/mol. The molecule has 3 N–H and O–H groups in total. The molecule has 0 aromatic carbocycles. The van der Waals surface area contributed by atoms with E-state index in [1.54, 1.807) is 20.8 Å². The molecule has 0 aromatic heterocycles. The number of guanidine groups is 1. The Kier molecular flexibility index (Phi) is 9.09. The van der Waals surface area contributed by atoms with Crippen LogP contribution in [0, 0.1) is 0 Å². The summed E-state index contributed by atoms with van der Waals surface area (Å²) in [5, 5.41) is 2.82. The van der Waals surface area contributed by atoms with Crippen LogP contribution in [0.15, 0.2) is 17.1 Å². The van der Waals surface area contributed by atoms with Gasteiger partial charge in [0.15, 0.2) is 5.96 Å². The van der Waals surface area contributed by atoms with Gasteiger partial charge in [0.25, 0.3) is 0 Å². The molecule has 0 aliphatic carbocycles. The van der Waals surface area contributed by atoms with Crippen LogP contribution in [0.5, 0.6) is 0 Å². The van der Waals surface area contributed by atoms with Crippen LogP contribution in [-0.4, -0.2) is 30.6 Å². The number of hydrogen-bond acceptors (Lipinski definition) is 3. The van der Waals surface area contributed by atoms with Gasteiger partial charge in [-0.3, -0.25) is 4.79 Å². The summed E-state index contributed by atoms with van der Waals surface area (Å²) in [6.45, 7) is 11.5. The molecule has 0 aliphatic rings. The number of nitrogens with two attached hydrogens (primary N) is 1. The second-order valence-corrected chi connectivity index (χ2v) is 4.60. The maximum Gasteiger partial charge on any atom is 0.328 e. The Hall–Kier alpha value is -0.790. The maximum atomic E-state index is 11.3. The molecule has 0 amide bonds. The first-order chi connectivity index (χ1) is 7.20. The fraction of sp³-hybridized carbons (Fsp3) is 0.636. The van der Waals surface area contributed by atoms with Crippen molar-refractivity contribution in [2.45, 2.75) is 33.3 Å². The number of nitrogens with one attached hydrogen (secondary N) is 1. The molecule has 0 bridgehead atoms. The normalized spacial score (nSPS) is 11.4. The van der Waals surface area contributed by atoms with Crippen molar-refractivity contribution >= 4 is 35.9 Å². The monoisotopic (exact) mass is 355 g/mol. The number of halogens is 1. The third kappa shape index (κ3) is 13.1. The Morgan fingerprint density at radius 1 is 1.47 bits per heavy atom. The zero-order valence-corrected chi connectivity index (χ0v) is 13.2. The van der Waals surface area contributed by atoms with Gasteiger partial charge in [-0.1, -0.05) is 12.2 Å². The number of carbonyl (C=O) groups is 1. The molecule has 6 heteroatoms. The summed E-state index contributed by atoms with van der Waals surface area (Å²) in [4.78, 5) is 15.1. The van der Waals surface area contributed by atoms with Crippen LogP contribution in [0.1, 0.15) is 27.7 Å². The average molecular weight is 355 g/mol. The topological polar surface area (TPSA) is 76.7 Å². The highest BCUT2D eigenvalue weighted by Crippen LogP contribution is 2.06. The molecular formula is C11H22IN3O2. The van der Waals surface area contributed by atoms with Crippen molar-refractivity contribution in [2.75, 3.05) is 13.1 Å². The molecule has 17 heavy (non-hydrogen) atoms. The first-order valence-corrected chi connectivity index (χ1v) is 5.11. The van der Waals surface area contributed by atoms with Gasteiger partial charge in [-0.15, -0.1) is 24.0 Å². The summed E-state index contributed by atoms with van der Waals surface area (Å²) in [5.74, 6) is -0.179. The summed E-state index contributed by atoms with van der Waals surface area (Å²) >= 11 is 0. The molecule has 5 nitrogen and oxygen atoms in total. The van der Waals surface area contributed by atoms with Crippen LogP contribution in [0.4, 0.5) is 0 Å². The zero-order valence-electron chi connectivity index (χ0n) is 10.9. The summed E-state index contributed by atoms with van der Waals surface area (Å²) in [7, 11) is 0. The van der Waals surface area contributed by atoms with Gasteiger partial charge in [0.2, 0.25) is 0 Å². The fourth-order valence-electron chi connectivity index (χ4n) is 0.821. The van der Waals surface area contributed by atoms with Crippen LogP contribution in [0.2, 0.25) is 0 Å². The van der Waals surface area contributed by atoms with Gasteiger partial charge < -0.3 is 15.8 Å². The van der Waals surface area contributed by atoms with E-state index in [0.29, 0.717) is 6.54 Å². The maximum absolute atomic E-state index is 11.3. The van der Waals surface area contributed by atoms with Crippen LogP contribution in [0.3, 0.4) is 0 Å². The van der Waals surface area contributed by atoms with Crippen LogP contribution < -0.4 is 11.1 Å². The number of aliphatic imine (C=N–C) groups is 1. The third-order valence-corrected chi connectivity index (χ3v) is 1.37. The van der Waals surface area contributed by atoms with Crippen molar-refractivity contribution in [3.05, 3.63) is 12.2 Å². The van der Waals surface area contributed by atoms with Gasteiger partial charge in [0.1, 0.15) is 12.1 Å². The van der Waals surface area contributed by atoms with Gasteiger partial charge in [-0.25, -0.2) is 4.99 Å². The Labute approximate surface area is 120 Å². The number of esters is 1. The highest BCUT2D eigenvalue weighted by Gasteiger charge is 2.15. The SMILES string of the molecule is C=C(C)CNC(N)=NCC(=O)OC(C)(C)C.I. The zero-order chi connectivity index (χ0) is 12.8. The first kappa shape index (κ1) is 18.6. The van der Waals surface area contributed by atoms with E-state index in [2.05, 4.69) is 16.9 Å². The Morgan fingerprint density at radius 2 is 2.00 bits per heavy atom. The quantitative estimate of drug-likeness (QED) is 0.263. The van der Waals surface area contributed by atoms with E-state index in [1.807, 2.05) is 6.92 Å². The second-order valence-electron chi connectivity index (χ2n) is 4.60. The van der Waals surface area contributed by atoms with E-state index in [-0.39, 0.29) is 36.5 Å². The molecule has 0 heterocycles. The van der Waals surface area contributed by atoms with Gasteiger partial charge in [0.05, 0.1) is 0 Å². The highest BCUT2D eigenvalue weighted by atomic mass is 127. The molecule has 0 fully saturated rings. The average Bonchev–Trinajstić information content (AvgIpc) is 2.08. The lowest BCUT2D eigenvalue weighted by Gasteiger charge is -2.18. The van der Waals surface area contributed by atoms with E-state index < -0.39 is 11.6 Å². The number of rotatable bonds is 4. The van der Waals surface area contributed by atoms with Crippen molar-refractivity contribution in [1.82, 2.24) is 5.32 Å². The summed E-state index contributed by atoms with van der Waals surface area (Å²) < 4.78 is 5.07. The smallest absolute Gasteiger partial charge is 0.328 e. The summed E-state index contributed by atoms with van der Waals surface area (Å²) in [5.41, 5.74) is 5.97. The lowest BCUT2D eigenvalue weighted by molar-refractivity contribution is -0.152. The molecule has 0 aromatic rings. The van der Waals surface area contributed by atoms with Crippen molar-refractivity contribution in [3.63, 3.8) is 0 Å². The lowest BCUT2D eigenvalue weighted by Crippen LogP contribution is -2.34. The molecule has 0 radical (unpaired) electrons. The molecule has 0 atom stereocenters. The van der Waals surface area contributed by atoms with Crippen molar-refractivity contribution < 1.29 is 9.53 Å². The predicted octanol–water partition coefficient (Wildman–Crippen LogP) is 1.43. The molecule has 0 unspecified atom stereocenters. The Bertz CT molecular complexity index is 296. The molecule has 0 saturated carbocycles. The second kappa shape index (κ2) is 8.32. The number of hydrogen-bond donors (Lipinski definition) is 2. The van der Waals surface area contributed by atoms with Gasteiger partial charge in [-0.2, -0.15) is 0 Å². The van der Waals surface area contributed by atoms with Gasteiger partial charge >= 0.3 is 5.97 Å². The van der Waals surface area contributed by atoms with E-state index in [9.17, 15) is 4.79 Å². The van der Waals surface area contributed by atoms with Gasteiger partial charge in [-0.05, 0) is 27.7 Å². The van der Waals surface area contributed by atoms with Crippen LogP contribution in [-0.2, 0) is 9.53 Å². The molecule has 100 valence electrons. The first-order valence-electron chi connectivity index (χ1n) is 5.11. The van der Waals surface area contributed by atoms with Gasteiger partial charge in [0, 0.05) is 6.54 Å². The van der Waals surface area contributed by atoms with Crippen LogP contribution in [0.25, 0.3) is 0 Å². The molecule has 0 spiro atoms. The van der Waals surface area contributed by atoms with Crippen LogP contribution >= 0.6 is 24.0 Å². The van der Waals surface area contributed by atoms with E-state index >= 15 is 0 Å². The van der Waals surface area contributed by atoms with Crippen molar-refractivity contribution in [1.29, 1.82) is 0 Å². The predicted molar refractivity (Wildman–Crippen MR) is 80.6 cm³/mol. The minimum Gasteiger partial charge on any atom is -0.459 e. The van der Waals surface area contributed by atoms with Crippen molar-refractivity contribution in [3.8, 4) is 0 Å². The van der Waals surface area contributed by atoms with E-state index in [4.69, 9.17) is 10.5 Å². The highest BCUT2D eigenvalue weighted by molar-refractivity contribution is 14.0. The van der Waals surface area contributed by atoms with E-state index in [1.165, 1.54) is 0 Å². The number of carbonyl (C=O) groups excluding carboxylic acids is 1. The number of nitrogens with zero attached hydrogens (tertiary/aromatic N) is 1. The molecule has 0 aliphatic heterocycles. The summed E-state index contributed by atoms with van der Waals surface area (Å²) in [6.07, 6.45) is 0. The standard InChI is InChI=1S/C11H21N3O2.HI/c1-8(2)6-13-10(12)14-7-9(15)16-11(3,4)5;/h1,6-7H2,2-5H3,(H3,12,13,14);1H. The molecule has 0 rings (SSSR count). The largest absolute Gasteiger partial charge is 0.459 e.